The fourth-order valence-corrected chi connectivity index (χ4v) is 3.29. The molecule has 0 atom stereocenters. The molecule has 0 unspecified atom stereocenters. The van der Waals surface area contributed by atoms with E-state index in [1.807, 2.05) is 19.9 Å². The van der Waals surface area contributed by atoms with E-state index in [1.54, 1.807) is 0 Å². The second-order valence-corrected chi connectivity index (χ2v) is 7.99. The van der Waals surface area contributed by atoms with Crippen molar-refractivity contribution in [2.24, 2.45) is 0 Å². The number of rotatable bonds is 6. The summed E-state index contributed by atoms with van der Waals surface area (Å²) < 4.78 is 0. The summed E-state index contributed by atoms with van der Waals surface area (Å²) in [5.74, 6) is 1.77. The molecule has 146 valence electrons. The Labute approximate surface area is 161 Å². The molecule has 0 amide bonds. The van der Waals surface area contributed by atoms with E-state index in [2.05, 4.69) is 52.2 Å². The Morgan fingerprint density at radius 1 is 1.19 bits per heavy atom. The van der Waals surface area contributed by atoms with Crippen LogP contribution in [0.1, 0.15) is 56.0 Å². The molecule has 0 fully saturated rings. The van der Waals surface area contributed by atoms with E-state index in [0.717, 1.165) is 36.6 Å². The number of benzene rings is 1. The van der Waals surface area contributed by atoms with Gasteiger partial charge in [0.25, 0.3) is 0 Å². The highest BCUT2D eigenvalue weighted by Crippen LogP contribution is 2.29. The second-order valence-electron chi connectivity index (χ2n) is 7.99. The summed E-state index contributed by atoms with van der Waals surface area (Å²) in [4.78, 5) is 11.5. The third kappa shape index (κ3) is 4.57. The van der Waals surface area contributed by atoms with Crippen LogP contribution in [0.5, 0.6) is 0 Å². The van der Waals surface area contributed by atoms with Crippen molar-refractivity contribution in [1.82, 2.24) is 9.97 Å². The molecule has 2 heterocycles. The molecule has 0 radical (unpaired) electrons. The van der Waals surface area contributed by atoms with Crippen LogP contribution in [0.2, 0.25) is 0 Å². The van der Waals surface area contributed by atoms with Crippen molar-refractivity contribution in [2.45, 2.75) is 52.2 Å². The Hall–Kier alpha value is -2.18. The van der Waals surface area contributed by atoms with Crippen molar-refractivity contribution >= 4 is 11.8 Å². The number of aliphatic hydroxyl groups excluding tert-OH is 1. The lowest BCUT2D eigenvalue weighted by molar-refractivity contribution is 0.0785. The lowest BCUT2D eigenvalue weighted by Crippen LogP contribution is -2.32. The predicted molar refractivity (Wildman–Crippen MR) is 108 cm³/mol. The molecule has 1 aromatic heterocycles. The molecule has 3 rings (SSSR count). The minimum absolute atomic E-state index is 0.0469. The molecular formula is C21H30N4O2. The highest BCUT2D eigenvalue weighted by atomic mass is 16.3. The standard InChI is InChI=1S/C21H30N4O2/c1-14(2)18-12-19(24-20(23-18)22-8-10-26)25-9-7-15-11-17(21(3,4)27)6-5-16(15)13-25/h5-6,11-12,14,26-27H,7-10,13H2,1-4H3,(H,22,23,24). The van der Waals surface area contributed by atoms with Crippen LogP contribution in [-0.2, 0) is 18.6 Å². The van der Waals surface area contributed by atoms with E-state index < -0.39 is 5.60 Å². The van der Waals surface area contributed by atoms with Crippen molar-refractivity contribution in [2.75, 3.05) is 29.9 Å². The number of aliphatic hydroxyl groups is 2. The number of hydrogen-bond donors (Lipinski definition) is 3. The third-order valence-electron chi connectivity index (χ3n) is 4.97. The van der Waals surface area contributed by atoms with Gasteiger partial charge < -0.3 is 20.4 Å². The van der Waals surface area contributed by atoms with E-state index in [-0.39, 0.29) is 6.61 Å². The molecule has 0 bridgehead atoms. The first-order valence-corrected chi connectivity index (χ1v) is 9.61. The largest absolute Gasteiger partial charge is 0.395 e. The molecule has 0 saturated heterocycles. The molecule has 0 aliphatic carbocycles. The SMILES string of the molecule is CC(C)c1cc(N2CCc3cc(C(C)(C)O)ccc3C2)nc(NCCO)n1. The van der Waals surface area contributed by atoms with Crippen LogP contribution >= 0.6 is 0 Å². The van der Waals surface area contributed by atoms with E-state index in [0.29, 0.717) is 18.4 Å². The third-order valence-corrected chi connectivity index (χ3v) is 4.97. The van der Waals surface area contributed by atoms with E-state index in [4.69, 9.17) is 5.11 Å². The van der Waals surface area contributed by atoms with Gasteiger partial charge in [0.1, 0.15) is 5.82 Å². The highest BCUT2D eigenvalue weighted by Gasteiger charge is 2.22. The Morgan fingerprint density at radius 3 is 2.63 bits per heavy atom. The smallest absolute Gasteiger partial charge is 0.224 e. The molecule has 2 aromatic rings. The fraction of sp³-hybridized carbons (Fsp3) is 0.524. The van der Waals surface area contributed by atoms with Crippen molar-refractivity contribution < 1.29 is 10.2 Å². The van der Waals surface area contributed by atoms with Gasteiger partial charge in [-0.25, -0.2) is 4.98 Å². The number of nitrogens with zero attached hydrogens (tertiary/aromatic N) is 3. The monoisotopic (exact) mass is 370 g/mol. The van der Waals surface area contributed by atoms with E-state index in [1.165, 1.54) is 11.1 Å². The maximum Gasteiger partial charge on any atom is 0.224 e. The summed E-state index contributed by atoms with van der Waals surface area (Å²) in [5.41, 5.74) is 3.68. The Bertz CT molecular complexity index is 799. The molecule has 27 heavy (non-hydrogen) atoms. The Kier molecular flexibility index (Phi) is 5.67. The van der Waals surface area contributed by atoms with E-state index >= 15 is 0 Å². The van der Waals surface area contributed by atoms with Gasteiger partial charge in [0.2, 0.25) is 5.95 Å². The minimum atomic E-state index is -0.821. The normalized spacial score (nSPS) is 14.4. The molecule has 0 saturated carbocycles. The lowest BCUT2D eigenvalue weighted by Gasteiger charge is -2.31. The lowest BCUT2D eigenvalue weighted by atomic mass is 9.91. The van der Waals surface area contributed by atoms with Gasteiger partial charge in [-0.3, -0.25) is 0 Å². The summed E-state index contributed by atoms with van der Waals surface area (Å²) in [7, 11) is 0. The van der Waals surface area contributed by atoms with Crippen molar-refractivity contribution in [3.05, 3.63) is 46.6 Å². The second kappa shape index (κ2) is 7.82. The van der Waals surface area contributed by atoms with Gasteiger partial charge >= 0.3 is 0 Å². The van der Waals surface area contributed by atoms with Crippen LogP contribution in [0, 0.1) is 0 Å². The number of anilines is 2. The van der Waals surface area contributed by atoms with E-state index in [9.17, 15) is 5.11 Å². The van der Waals surface area contributed by atoms with Gasteiger partial charge in [-0.2, -0.15) is 4.98 Å². The molecule has 1 aliphatic heterocycles. The van der Waals surface area contributed by atoms with Crippen LogP contribution in [0.3, 0.4) is 0 Å². The van der Waals surface area contributed by atoms with Gasteiger partial charge in [0, 0.05) is 25.7 Å². The van der Waals surface area contributed by atoms with Gasteiger partial charge in [-0.15, -0.1) is 0 Å². The maximum absolute atomic E-state index is 10.3. The minimum Gasteiger partial charge on any atom is -0.395 e. The average Bonchev–Trinajstić information content (AvgIpc) is 2.64. The summed E-state index contributed by atoms with van der Waals surface area (Å²) in [6.45, 7) is 10.0. The fourth-order valence-electron chi connectivity index (χ4n) is 3.29. The molecule has 1 aliphatic rings. The molecule has 6 heteroatoms. The first-order chi connectivity index (χ1) is 12.8. The zero-order valence-corrected chi connectivity index (χ0v) is 16.7. The van der Waals surface area contributed by atoms with Crippen molar-refractivity contribution in [3.63, 3.8) is 0 Å². The maximum atomic E-state index is 10.3. The van der Waals surface area contributed by atoms with Crippen LogP contribution in [0.4, 0.5) is 11.8 Å². The number of hydrogen-bond acceptors (Lipinski definition) is 6. The first-order valence-electron chi connectivity index (χ1n) is 9.61. The summed E-state index contributed by atoms with van der Waals surface area (Å²) in [6, 6.07) is 8.31. The van der Waals surface area contributed by atoms with Crippen LogP contribution < -0.4 is 10.2 Å². The molecule has 0 spiro atoms. The first kappa shape index (κ1) is 19.6. The van der Waals surface area contributed by atoms with Crippen LogP contribution in [0.25, 0.3) is 0 Å². The van der Waals surface area contributed by atoms with Crippen molar-refractivity contribution in [3.8, 4) is 0 Å². The summed E-state index contributed by atoms with van der Waals surface area (Å²) >= 11 is 0. The molecule has 6 nitrogen and oxygen atoms in total. The number of fused-ring (bicyclic) bond motifs is 1. The summed E-state index contributed by atoms with van der Waals surface area (Å²) in [5, 5.41) is 22.4. The van der Waals surface area contributed by atoms with Gasteiger partial charge in [-0.05, 0) is 42.9 Å². The average molecular weight is 370 g/mol. The van der Waals surface area contributed by atoms with Crippen LogP contribution in [-0.4, -0.2) is 39.9 Å². The van der Waals surface area contributed by atoms with Gasteiger partial charge in [0.05, 0.1) is 17.9 Å². The number of nitrogens with one attached hydrogen (secondary N) is 1. The van der Waals surface area contributed by atoms with Crippen LogP contribution in [0.15, 0.2) is 24.3 Å². The zero-order valence-electron chi connectivity index (χ0n) is 16.7. The topological polar surface area (TPSA) is 81.5 Å². The molecule has 1 aromatic carbocycles. The van der Waals surface area contributed by atoms with Gasteiger partial charge in [-0.1, -0.05) is 32.0 Å². The Balaban J connectivity index is 1.87. The Morgan fingerprint density at radius 2 is 1.96 bits per heavy atom. The quantitative estimate of drug-likeness (QED) is 0.725. The molecular weight excluding hydrogens is 340 g/mol. The zero-order chi connectivity index (χ0) is 19.6. The number of aromatic nitrogens is 2. The highest BCUT2D eigenvalue weighted by molar-refractivity contribution is 5.49. The summed E-state index contributed by atoms with van der Waals surface area (Å²) in [6.07, 6.45) is 0.916. The van der Waals surface area contributed by atoms with Gasteiger partial charge in [0.15, 0.2) is 0 Å². The predicted octanol–water partition coefficient (Wildman–Crippen LogP) is 2.79. The van der Waals surface area contributed by atoms with Crippen molar-refractivity contribution in [1.29, 1.82) is 0 Å². The molecule has 3 N–H and O–H groups in total.